The van der Waals surface area contributed by atoms with Crippen LogP contribution in [0.5, 0.6) is 5.75 Å². The van der Waals surface area contributed by atoms with Crippen molar-refractivity contribution >= 4 is 23.9 Å². The number of para-hydroxylation sites is 1. The van der Waals surface area contributed by atoms with Gasteiger partial charge in [0.05, 0.1) is 44.7 Å². The molecule has 5 fully saturated rings. The monoisotopic (exact) mass is 1050 g/mol. The fourth-order valence-corrected chi connectivity index (χ4v) is 10.9. The van der Waals surface area contributed by atoms with Gasteiger partial charge in [-0.2, -0.15) is 0 Å². The summed E-state index contributed by atoms with van der Waals surface area (Å²) in [5, 5.41) is 102. The second kappa shape index (κ2) is 26.6. The SMILES string of the molecule is C=C1Oc2ccccc2C=C1COC1C(O)[C@@H](OCCNC(=O)C2CC(CC)[C@@H](O[C@@H]3OC(C)[C@@H](O)[C@H](O)C3O)[C@H](O[C@@H]3O[C@@H](CO)[C@H](O)C(O[C@@H](CC4CCCCC4)C(=O)O)C3NC(C)=O)C2)OC(CO)[C@H]1O. The van der Waals surface area contributed by atoms with Gasteiger partial charge in [0, 0.05) is 30.5 Å². The van der Waals surface area contributed by atoms with Crippen LogP contribution < -0.4 is 15.4 Å². The van der Waals surface area contributed by atoms with E-state index >= 15 is 0 Å². The lowest BCUT2D eigenvalue weighted by molar-refractivity contribution is -0.338. The number of hydrogen-bond acceptors (Lipinski definition) is 20. The number of aliphatic carboxylic acids is 1. The maximum atomic E-state index is 14.2. The number of aliphatic hydroxyl groups excluding tert-OH is 8. The smallest absolute Gasteiger partial charge is 0.332 e. The van der Waals surface area contributed by atoms with Crippen molar-refractivity contribution in [2.45, 2.75) is 189 Å². The van der Waals surface area contributed by atoms with Crippen LogP contribution in [0.3, 0.4) is 0 Å². The zero-order valence-corrected chi connectivity index (χ0v) is 42.0. The summed E-state index contributed by atoms with van der Waals surface area (Å²) in [6.07, 6.45) is -16.8. The van der Waals surface area contributed by atoms with Crippen LogP contribution in [0.4, 0.5) is 0 Å². The summed E-state index contributed by atoms with van der Waals surface area (Å²) in [5.41, 5.74) is 1.34. The molecule has 6 aliphatic rings. The predicted molar refractivity (Wildman–Crippen MR) is 256 cm³/mol. The number of carbonyl (C=O) groups is 3. The molecule has 11 N–H and O–H groups in total. The topological polar surface area (TPSA) is 340 Å². The normalized spacial score (nSPS) is 38.2. The molecule has 1 aromatic carbocycles. The second-order valence-corrected chi connectivity index (χ2v) is 20.3. The van der Waals surface area contributed by atoms with Crippen molar-refractivity contribution in [1.82, 2.24) is 10.6 Å². The third-order valence-corrected chi connectivity index (χ3v) is 15.1. The molecule has 3 saturated heterocycles. The molecule has 20 atom stereocenters. The number of nitrogens with one attached hydrogen (secondary N) is 2. The summed E-state index contributed by atoms with van der Waals surface area (Å²) in [5.74, 6) is -2.71. The Labute approximate surface area is 429 Å². The van der Waals surface area contributed by atoms with Crippen molar-refractivity contribution in [3.63, 3.8) is 0 Å². The van der Waals surface area contributed by atoms with Gasteiger partial charge in [-0.15, -0.1) is 0 Å². The molecule has 23 heteroatoms. The molecule has 74 heavy (non-hydrogen) atoms. The number of hydrogen-bond donors (Lipinski definition) is 11. The molecule has 0 aromatic heterocycles. The summed E-state index contributed by atoms with van der Waals surface area (Å²) in [7, 11) is 0. The van der Waals surface area contributed by atoms with Crippen molar-refractivity contribution in [2.75, 3.05) is 33.0 Å². The fraction of sp³-hybridized carbons (Fsp3) is 0.745. The minimum Gasteiger partial charge on any atom is -0.479 e. The summed E-state index contributed by atoms with van der Waals surface area (Å²) < 4.78 is 54.6. The number of ether oxygens (including phenoxy) is 9. The third kappa shape index (κ3) is 13.9. The van der Waals surface area contributed by atoms with E-state index < -0.39 is 153 Å². The number of fused-ring (bicyclic) bond motifs is 1. The van der Waals surface area contributed by atoms with Crippen LogP contribution in [0.2, 0.25) is 0 Å². The highest BCUT2D eigenvalue weighted by molar-refractivity contribution is 5.79. The quantitative estimate of drug-likeness (QED) is 0.0682. The van der Waals surface area contributed by atoms with E-state index in [2.05, 4.69) is 17.2 Å². The first-order valence-electron chi connectivity index (χ1n) is 25.8. The molecule has 23 nitrogen and oxygen atoms in total. The van der Waals surface area contributed by atoms with Gasteiger partial charge in [0.2, 0.25) is 11.8 Å². The van der Waals surface area contributed by atoms with Crippen LogP contribution >= 0.6 is 0 Å². The molecule has 0 bridgehead atoms. The lowest BCUT2D eigenvalue weighted by Gasteiger charge is -2.49. The molecule has 416 valence electrons. The third-order valence-electron chi connectivity index (χ3n) is 15.1. The summed E-state index contributed by atoms with van der Waals surface area (Å²) in [6.45, 7) is 6.64. The zero-order chi connectivity index (χ0) is 53.4. The van der Waals surface area contributed by atoms with Crippen molar-refractivity contribution < 1.29 is 103 Å². The maximum absolute atomic E-state index is 14.2. The molecule has 2 aliphatic carbocycles. The summed E-state index contributed by atoms with van der Waals surface area (Å²) >= 11 is 0. The number of carboxylic acids is 1. The number of amides is 2. The summed E-state index contributed by atoms with van der Waals surface area (Å²) in [6, 6.07) is 5.93. The molecule has 1 aromatic rings. The van der Waals surface area contributed by atoms with E-state index in [1.54, 1.807) is 6.07 Å². The first-order chi connectivity index (χ1) is 35.4. The van der Waals surface area contributed by atoms with Gasteiger partial charge in [-0.3, -0.25) is 9.59 Å². The van der Waals surface area contributed by atoms with E-state index in [4.69, 9.17) is 42.6 Å². The average molecular weight is 1050 g/mol. The Morgan fingerprint density at radius 3 is 2.16 bits per heavy atom. The predicted octanol–water partition coefficient (Wildman–Crippen LogP) is -0.641. The number of aliphatic hydroxyl groups is 8. The van der Waals surface area contributed by atoms with Gasteiger partial charge in [0.1, 0.15) is 78.6 Å². The van der Waals surface area contributed by atoms with Gasteiger partial charge in [-0.1, -0.05) is 70.2 Å². The molecular formula is C51H76N2O21. The van der Waals surface area contributed by atoms with E-state index in [0.717, 1.165) is 37.7 Å². The lowest BCUT2D eigenvalue weighted by Crippen LogP contribution is -2.67. The van der Waals surface area contributed by atoms with E-state index in [0.29, 0.717) is 23.5 Å². The van der Waals surface area contributed by atoms with Crippen molar-refractivity contribution in [3.05, 3.63) is 47.7 Å². The van der Waals surface area contributed by atoms with Crippen molar-refractivity contribution in [3.8, 4) is 5.75 Å². The maximum Gasteiger partial charge on any atom is 0.332 e. The highest BCUT2D eigenvalue weighted by Crippen LogP contribution is 2.40. The highest BCUT2D eigenvalue weighted by atomic mass is 16.7. The van der Waals surface area contributed by atoms with Crippen LogP contribution in [-0.4, -0.2) is 207 Å². The molecule has 4 aliphatic heterocycles. The van der Waals surface area contributed by atoms with E-state index in [1.807, 2.05) is 31.2 Å². The first-order valence-corrected chi connectivity index (χ1v) is 25.8. The molecule has 4 heterocycles. The molecule has 2 amide bonds. The number of carbonyl (C=O) groups excluding carboxylic acids is 2. The zero-order valence-electron chi connectivity index (χ0n) is 42.0. The second-order valence-electron chi connectivity index (χ2n) is 20.3. The molecule has 0 radical (unpaired) electrons. The largest absolute Gasteiger partial charge is 0.479 e. The summed E-state index contributed by atoms with van der Waals surface area (Å²) in [4.78, 5) is 39.7. The van der Waals surface area contributed by atoms with Gasteiger partial charge >= 0.3 is 5.97 Å². The van der Waals surface area contributed by atoms with Gasteiger partial charge < -0.3 is 99.2 Å². The Morgan fingerprint density at radius 1 is 0.797 bits per heavy atom. The van der Waals surface area contributed by atoms with E-state index in [9.17, 15) is 60.3 Å². The van der Waals surface area contributed by atoms with Crippen LogP contribution in [0.15, 0.2) is 42.2 Å². The molecule has 7 rings (SSSR count). The molecule has 2 saturated carbocycles. The Morgan fingerprint density at radius 2 is 1.49 bits per heavy atom. The molecule has 0 spiro atoms. The van der Waals surface area contributed by atoms with Crippen LogP contribution in [0.1, 0.15) is 84.1 Å². The Hall–Kier alpha value is -3.73. The van der Waals surface area contributed by atoms with E-state index in [1.165, 1.54) is 13.8 Å². The standard InChI is InChI=1S/C51H76N2O21/c1-5-28-18-30(47(63)52-15-16-66-50-43(62)46(40(59)36(22-55)73-50)67-23-31-19-29-13-9-10-14-32(29)68-24(31)2)20-33(44(28)74-51-42(61)41(60)38(57)25(3)69-51)71-49-37(53-26(4)56)45(39(58)35(21-54)72-49)70-34(48(64)65)17-27-11-7-6-8-12-27/h9-10,13-14,19,25,27-28,30,33-46,49-51,54-55,57-62H,2,5-8,11-12,15-18,20-23H2,1,3-4H3,(H,52,63)(H,53,56)(H,64,65)/t25?,28?,30?,33-,34+,35+,36?,37?,38-,39+,40-,41+,42?,43?,44-,45?,46?,49-,50+,51+/m1/s1. The Bertz CT molecular complexity index is 2060. The number of benzene rings is 1. The molecular weight excluding hydrogens is 977 g/mol. The van der Waals surface area contributed by atoms with Crippen LogP contribution in [-0.2, 0) is 52.3 Å². The highest BCUT2D eigenvalue weighted by Gasteiger charge is 2.53. The number of carboxylic acid groups (broad SMARTS) is 1. The lowest BCUT2D eigenvalue weighted by atomic mass is 9.75. The minimum absolute atomic E-state index is 0.0424. The van der Waals surface area contributed by atoms with Gasteiger partial charge in [-0.05, 0) is 50.2 Å². The van der Waals surface area contributed by atoms with Gasteiger partial charge in [0.15, 0.2) is 25.0 Å². The first kappa shape index (κ1) is 58.0. The van der Waals surface area contributed by atoms with Crippen molar-refractivity contribution in [2.24, 2.45) is 17.8 Å². The average Bonchev–Trinajstić information content (AvgIpc) is 3.38. The Balaban J connectivity index is 1.06. The minimum atomic E-state index is -1.71. The number of rotatable bonds is 21. The van der Waals surface area contributed by atoms with Crippen LogP contribution in [0, 0.1) is 17.8 Å². The van der Waals surface area contributed by atoms with Gasteiger partial charge in [-0.25, -0.2) is 4.79 Å². The van der Waals surface area contributed by atoms with Crippen molar-refractivity contribution in [1.29, 1.82) is 0 Å². The van der Waals surface area contributed by atoms with Crippen LogP contribution in [0.25, 0.3) is 6.08 Å². The van der Waals surface area contributed by atoms with Gasteiger partial charge in [0.25, 0.3) is 0 Å². The Kier molecular flexibility index (Phi) is 20.8. The molecule has 9 unspecified atom stereocenters. The fourth-order valence-electron chi connectivity index (χ4n) is 10.9. The van der Waals surface area contributed by atoms with E-state index in [-0.39, 0.29) is 44.9 Å².